The number of fused-ring (bicyclic) bond motifs is 4. The van der Waals surface area contributed by atoms with Crippen LogP contribution in [0.5, 0.6) is 5.88 Å². The zero-order valence-electron chi connectivity index (χ0n) is 22.0. The molecular formula is C27H27ClFN5O3S2. The van der Waals surface area contributed by atoms with E-state index >= 15 is 4.39 Å². The molecule has 2 aliphatic rings. The average Bonchev–Trinajstić information content (AvgIpc) is 3.20. The molecule has 1 aliphatic heterocycles. The minimum Gasteiger partial charge on any atom is -0.471 e. The standard InChI is InChI=1S/C27H27ClFN5O3S2/c1-26(2,3)37-24-18-22-21(36-23(18)31-25(32-24)38-4)20(33-39-22)17-13-12-30-34(16-7-5-6-10-35-16)15(13)11-14(28)19(17)27(29)8-9-27/h11-12,16H,5-10H2,1-4H3. The average molecular weight is 588 g/mol. The van der Waals surface area contributed by atoms with Crippen molar-refractivity contribution >= 4 is 67.2 Å². The van der Waals surface area contributed by atoms with Gasteiger partial charge in [-0.2, -0.15) is 19.4 Å². The molecule has 2 fully saturated rings. The van der Waals surface area contributed by atoms with Crippen LogP contribution in [-0.2, 0) is 10.4 Å². The van der Waals surface area contributed by atoms with Gasteiger partial charge in [0.1, 0.15) is 27.0 Å². The molecule has 1 saturated carbocycles. The van der Waals surface area contributed by atoms with E-state index < -0.39 is 11.3 Å². The first-order chi connectivity index (χ1) is 18.7. The highest BCUT2D eigenvalue weighted by atomic mass is 35.5. The number of hydrogen-bond acceptors (Lipinski definition) is 9. The van der Waals surface area contributed by atoms with Gasteiger partial charge in [0, 0.05) is 28.1 Å². The van der Waals surface area contributed by atoms with Gasteiger partial charge < -0.3 is 13.9 Å². The SMILES string of the molecule is CSc1nc(OC(C)(C)C)c2c(n1)oc1c(-c3c(C4(F)CC4)c(Cl)cc4c3cnn4C3CCCCO3)nsc12. The van der Waals surface area contributed by atoms with Crippen LogP contribution in [0.1, 0.15) is 64.7 Å². The van der Waals surface area contributed by atoms with E-state index in [1.165, 1.54) is 23.3 Å². The van der Waals surface area contributed by atoms with Crippen LogP contribution in [0, 0.1) is 0 Å². The first-order valence-corrected chi connectivity index (χ1v) is 15.4. The van der Waals surface area contributed by atoms with Crippen molar-refractivity contribution in [3.05, 3.63) is 22.8 Å². The summed E-state index contributed by atoms with van der Waals surface area (Å²) in [5.41, 5.74) is 1.28. The summed E-state index contributed by atoms with van der Waals surface area (Å²) in [5, 5.41) is 7.01. The normalized spacial score (nSPS) is 19.4. The number of thioether (sulfide) groups is 1. The van der Waals surface area contributed by atoms with Gasteiger partial charge in [0.15, 0.2) is 17.0 Å². The van der Waals surface area contributed by atoms with E-state index in [2.05, 4.69) is 15.1 Å². The molecule has 1 aromatic carbocycles. The number of aromatic nitrogens is 5. The predicted molar refractivity (Wildman–Crippen MR) is 152 cm³/mol. The number of furan rings is 1. The summed E-state index contributed by atoms with van der Waals surface area (Å²) in [6, 6.07) is 1.81. The Morgan fingerprint density at radius 1 is 1.26 bits per heavy atom. The second-order valence-corrected chi connectivity index (χ2v) is 13.1. The Kier molecular flexibility index (Phi) is 5.90. The monoisotopic (exact) mass is 587 g/mol. The van der Waals surface area contributed by atoms with Crippen LogP contribution in [0.4, 0.5) is 4.39 Å². The molecule has 12 heteroatoms. The lowest BCUT2D eigenvalue weighted by Gasteiger charge is -2.24. The number of rotatable bonds is 5. The smallest absolute Gasteiger partial charge is 0.236 e. The van der Waals surface area contributed by atoms with Gasteiger partial charge in [0.05, 0.1) is 11.7 Å². The molecule has 5 heterocycles. The van der Waals surface area contributed by atoms with Gasteiger partial charge in [-0.15, -0.1) is 0 Å². The van der Waals surface area contributed by atoms with Crippen LogP contribution in [0.3, 0.4) is 0 Å². The molecule has 1 saturated heterocycles. The Hall–Kier alpha value is -2.47. The van der Waals surface area contributed by atoms with Crippen LogP contribution < -0.4 is 4.74 Å². The van der Waals surface area contributed by atoms with Crippen LogP contribution in [0.2, 0.25) is 5.02 Å². The Morgan fingerprint density at radius 3 is 2.77 bits per heavy atom. The third-order valence-electron chi connectivity index (χ3n) is 7.14. The topological polar surface area (TPSA) is 88.1 Å². The molecule has 0 bridgehead atoms. The summed E-state index contributed by atoms with van der Waals surface area (Å²) in [6.45, 7) is 6.58. The van der Waals surface area contributed by atoms with Gasteiger partial charge in [-0.1, -0.05) is 23.4 Å². The maximum Gasteiger partial charge on any atom is 0.236 e. The number of hydrogen-bond donors (Lipinski definition) is 0. The zero-order valence-corrected chi connectivity index (χ0v) is 24.4. The summed E-state index contributed by atoms with van der Waals surface area (Å²) in [4.78, 5) is 9.24. The summed E-state index contributed by atoms with van der Waals surface area (Å²) < 4.78 is 42.0. The molecule has 0 N–H and O–H groups in total. The van der Waals surface area contributed by atoms with Crippen molar-refractivity contribution in [2.24, 2.45) is 0 Å². The van der Waals surface area contributed by atoms with E-state index in [9.17, 15) is 0 Å². The van der Waals surface area contributed by atoms with E-state index in [1.54, 1.807) is 6.20 Å². The van der Waals surface area contributed by atoms with Crippen molar-refractivity contribution < 1.29 is 18.3 Å². The first-order valence-electron chi connectivity index (χ1n) is 13.0. The van der Waals surface area contributed by atoms with E-state index in [0.717, 1.165) is 34.9 Å². The highest BCUT2D eigenvalue weighted by Gasteiger charge is 2.49. The molecule has 39 heavy (non-hydrogen) atoms. The molecule has 0 amide bonds. The molecule has 0 radical (unpaired) electrons. The molecule has 0 spiro atoms. The highest BCUT2D eigenvalue weighted by molar-refractivity contribution is 7.98. The quantitative estimate of drug-likeness (QED) is 0.151. The Morgan fingerprint density at radius 2 is 2.08 bits per heavy atom. The van der Waals surface area contributed by atoms with E-state index in [0.29, 0.717) is 69.0 Å². The van der Waals surface area contributed by atoms with Crippen molar-refractivity contribution in [1.29, 1.82) is 0 Å². The lowest BCUT2D eigenvalue weighted by atomic mass is 9.95. The van der Waals surface area contributed by atoms with Crippen molar-refractivity contribution in [3.63, 3.8) is 0 Å². The molecule has 4 aromatic heterocycles. The third kappa shape index (κ3) is 4.20. The fraction of sp³-hybridized carbons (Fsp3) is 0.481. The number of nitrogens with zero attached hydrogens (tertiary/aromatic N) is 5. The van der Waals surface area contributed by atoms with E-state index in [1.807, 2.05) is 37.8 Å². The van der Waals surface area contributed by atoms with Gasteiger partial charge >= 0.3 is 0 Å². The second-order valence-electron chi connectivity index (χ2n) is 11.1. The van der Waals surface area contributed by atoms with Crippen molar-refractivity contribution in [2.75, 3.05) is 12.9 Å². The van der Waals surface area contributed by atoms with E-state index in [4.69, 9.17) is 29.9 Å². The molecular weight excluding hydrogens is 561 g/mol. The van der Waals surface area contributed by atoms with Gasteiger partial charge in [-0.25, -0.2) is 9.07 Å². The minimum absolute atomic E-state index is 0.190. The van der Waals surface area contributed by atoms with Crippen molar-refractivity contribution in [3.8, 4) is 17.1 Å². The summed E-state index contributed by atoms with van der Waals surface area (Å²) in [7, 11) is 0. The second kappa shape index (κ2) is 9.02. The van der Waals surface area contributed by atoms with Crippen LogP contribution in [-0.4, -0.2) is 42.6 Å². The van der Waals surface area contributed by atoms with Crippen molar-refractivity contribution in [2.45, 2.75) is 75.5 Å². The highest BCUT2D eigenvalue weighted by Crippen LogP contribution is 2.57. The Labute approximate surface area is 237 Å². The number of alkyl halides is 1. The molecule has 1 atom stereocenters. The molecule has 5 aromatic rings. The fourth-order valence-electron chi connectivity index (χ4n) is 5.26. The molecule has 1 unspecified atom stereocenters. The summed E-state index contributed by atoms with van der Waals surface area (Å²) >= 11 is 9.53. The third-order valence-corrected chi connectivity index (χ3v) is 8.83. The molecule has 7 rings (SSSR count). The number of ether oxygens (including phenoxy) is 2. The maximum atomic E-state index is 16.0. The lowest BCUT2D eigenvalue weighted by molar-refractivity contribution is -0.0366. The van der Waals surface area contributed by atoms with Gasteiger partial charge in [-0.3, -0.25) is 0 Å². The van der Waals surface area contributed by atoms with Gasteiger partial charge in [0.25, 0.3) is 0 Å². The molecule has 8 nitrogen and oxygen atoms in total. The largest absolute Gasteiger partial charge is 0.471 e. The van der Waals surface area contributed by atoms with E-state index in [-0.39, 0.29) is 6.23 Å². The van der Waals surface area contributed by atoms with Crippen LogP contribution in [0.25, 0.3) is 43.5 Å². The number of halogens is 2. The molecule has 1 aliphatic carbocycles. The zero-order chi connectivity index (χ0) is 27.1. The van der Waals surface area contributed by atoms with Crippen LogP contribution in [0.15, 0.2) is 21.8 Å². The molecule has 204 valence electrons. The first kappa shape index (κ1) is 25.5. The summed E-state index contributed by atoms with van der Waals surface area (Å²) in [5.74, 6) is 0.439. The fourth-order valence-corrected chi connectivity index (χ4v) is 6.82. The Balaban J connectivity index is 1.50. The maximum absolute atomic E-state index is 16.0. The van der Waals surface area contributed by atoms with Crippen LogP contribution >= 0.6 is 34.9 Å². The predicted octanol–water partition coefficient (Wildman–Crippen LogP) is 8.06. The number of benzene rings is 1. The van der Waals surface area contributed by atoms with Gasteiger partial charge in [0.2, 0.25) is 11.6 Å². The van der Waals surface area contributed by atoms with Gasteiger partial charge in [-0.05, 0) is 76.7 Å². The van der Waals surface area contributed by atoms with Crippen molar-refractivity contribution in [1.82, 2.24) is 24.1 Å². The Bertz CT molecular complexity index is 1750. The summed E-state index contributed by atoms with van der Waals surface area (Å²) in [6.07, 6.45) is 7.24. The lowest BCUT2D eigenvalue weighted by Crippen LogP contribution is -2.23. The minimum atomic E-state index is -1.52.